The molecule has 0 atom stereocenters. The lowest BCUT2D eigenvalue weighted by Gasteiger charge is -2.11. The second-order valence-corrected chi connectivity index (χ2v) is 5.09. The van der Waals surface area contributed by atoms with Crippen molar-refractivity contribution < 1.29 is 17.6 Å². The maximum atomic E-state index is 13.9. The number of halogens is 4. The van der Waals surface area contributed by atoms with Gasteiger partial charge in [0.05, 0.1) is 5.56 Å². The number of hydrogen-bond acceptors (Lipinski definition) is 1. The summed E-state index contributed by atoms with van der Waals surface area (Å²) in [5.74, 6) is -4.04. The third kappa shape index (κ3) is 3.61. The molecule has 2 aromatic rings. The summed E-state index contributed by atoms with van der Waals surface area (Å²) in [5.41, 5.74) is -0.0865. The molecule has 0 saturated carbocycles. The number of hydrogen-bond donors (Lipinski definition) is 1. The SMILES string of the molecule is CC(C)NCc1ccc(F)c(-c2c(F)cc(F)cc2F)c1. The highest BCUT2D eigenvalue weighted by Gasteiger charge is 2.17. The number of rotatable bonds is 4. The van der Waals surface area contributed by atoms with Crippen LogP contribution in [0.3, 0.4) is 0 Å². The summed E-state index contributed by atoms with van der Waals surface area (Å²) in [7, 11) is 0. The van der Waals surface area contributed by atoms with Crippen LogP contribution in [-0.2, 0) is 6.54 Å². The minimum absolute atomic E-state index is 0.215. The first kappa shape index (κ1) is 15.5. The Morgan fingerprint density at radius 3 is 2.10 bits per heavy atom. The predicted molar refractivity (Wildman–Crippen MR) is 73.7 cm³/mol. The molecule has 0 unspecified atom stereocenters. The lowest BCUT2D eigenvalue weighted by molar-refractivity contribution is 0.544. The fourth-order valence-electron chi connectivity index (χ4n) is 2.00. The molecule has 21 heavy (non-hydrogen) atoms. The quantitative estimate of drug-likeness (QED) is 0.824. The van der Waals surface area contributed by atoms with E-state index in [-0.39, 0.29) is 11.6 Å². The molecular formula is C16H15F4N. The first-order valence-electron chi connectivity index (χ1n) is 6.55. The van der Waals surface area contributed by atoms with Crippen LogP contribution in [0.1, 0.15) is 19.4 Å². The second-order valence-electron chi connectivity index (χ2n) is 5.09. The summed E-state index contributed by atoms with van der Waals surface area (Å²) in [4.78, 5) is 0. The molecular weight excluding hydrogens is 282 g/mol. The Balaban J connectivity index is 2.46. The highest BCUT2D eigenvalue weighted by atomic mass is 19.1. The molecule has 2 aromatic carbocycles. The van der Waals surface area contributed by atoms with Crippen LogP contribution in [0, 0.1) is 23.3 Å². The van der Waals surface area contributed by atoms with Gasteiger partial charge in [0, 0.05) is 30.3 Å². The van der Waals surface area contributed by atoms with Gasteiger partial charge in [0.15, 0.2) is 0 Å². The molecule has 0 aliphatic heterocycles. The lowest BCUT2D eigenvalue weighted by atomic mass is 10.0. The van der Waals surface area contributed by atoms with Gasteiger partial charge in [-0.05, 0) is 17.7 Å². The van der Waals surface area contributed by atoms with E-state index in [4.69, 9.17) is 0 Å². The van der Waals surface area contributed by atoms with Crippen LogP contribution >= 0.6 is 0 Å². The van der Waals surface area contributed by atoms with Gasteiger partial charge in [-0.3, -0.25) is 0 Å². The van der Waals surface area contributed by atoms with Gasteiger partial charge in [-0.15, -0.1) is 0 Å². The van der Waals surface area contributed by atoms with Gasteiger partial charge < -0.3 is 5.32 Å². The summed E-state index contributed by atoms with van der Waals surface area (Å²) < 4.78 is 54.3. The average molecular weight is 297 g/mol. The van der Waals surface area contributed by atoms with E-state index >= 15 is 0 Å². The molecule has 0 aliphatic rings. The van der Waals surface area contributed by atoms with Crippen molar-refractivity contribution in [2.24, 2.45) is 0 Å². The Kier molecular flexibility index (Phi) is 4.63. The summed E-state index contributed by atoms with van der Waals surface area (Å²) >= 11 is 0. The third-order valence-corrected chi connectivity index (χ3v) is 3.02. The van der Waals surface area contributed by atoms with Gasteiger partial charge in [-0.2, -0.15) is 0 Å². The van der Waals surface area contributed by atoms with Crippen LogP contribution in [0.25, 0.3) is 11.1 Å². The molecule has 0 heterocycles. The van der Waals surface area contributed by atoms with Crippen molar-refractivity contribution in [3.8, 4) is 11.1 Å². The zero-order valence-electron chi connectivity index (χ0n) is 11.7. The standard InChI is InChI=1S/C16H15F4N/c1-9(2)21-8-10-3-4-13(18)12(5-10)16-14(19)6-11(17)7-15(16)20/h3-7,9,21H,8H2,1-2H3. The van der Waals surface area contributed by atoms with Crippen molar-refractivity contribution in [2.75, 3.05) is 0 Å². The van der Waals surface area contributed by atoms with Gasteiger partial charge in [0.25, 0.3) is 0 Å². The van der Waals surface area contributed by atoms with E-state index in [9.17, 15) is 17.6 Å². The molecule has 0 aromatic heterocycles. The molecule has 0 bridgehead atoms. The van der Waals surface area contributed by atoms with Crippen molar-refractivity contribution >= 4 is 0 Å². The van der Waals surface area contributed by atoms with E-state index in [1.165, 1.54) is 12.1 Å². The van der Waals surface area contributed by atoms with Gasteiger partial charge in [0.2, 0.25) is 0 Å². The summed E-state index contributed by atoms with van der Waals surface area (Å²) in [6.07, 6.45) is 0. The maximum Gasteiger partial charge on any atom is 0.136 e. The van der Waals surface area contributed by atoms with E-state index in [0.717, 1.165) is 6.07 Å². The molecule has 0 radical (unpaired) electrons. The Morgan fingerprint density at radius 2 is 1.52 bits per heavy atom. The molecule has 0 fully saturated rings. The van der Waals surface area contributed by atoms with Gasteiger partial charge in [-0.1, -0.05) is 19.9 Å². The Morgan fingerprint density at radius 1 is 0.905 bits per heavy atom. The van der Waals surface area contributed by atoms with Gasteiger partial charge in [-0.25, -0.2) is 17.6 Å². The van der Waals surface area contributed by atoms with Crippen LogP contribution in [0.5, 0.6) is 0 Å². The van der Waals surface area contributed by atoms with Crippen molar-refractivity contribution in [1.82, 2.24) is 5.32 Å². The Bertz CT molecular complexity index is 630. The van der Waals surface area contributed by atoms with Gasteiger partial charge in [0.1, 0.15) is 23.3 Å². The van der Waals surface area contributed by atoms with Crippen LogP contribution in [-0.4, -0.2) is 6.04 Å². The molecule has 0 saturated heterocycles. The molecule has 112 valence electrons. The second kappa shape index (κ2) is 6.26. The van der Waals surface area contributed by atoms with Crippen molar-refractivity contribution in [3.63, 3.8) is 0 Å². The Hall–Kier alpha value is -1.88. The minimum Gasteiger partial charge on any atom is -0.310 e. The monoisotopic (exact) mass is 297 g/mol. The molecule has 0 amide bonds. The molecule has 0 spiro atoms. The topological polar surface area (TPSA) is 12.0 Å². The van der Waals surface area contributed by atoms with Crippen LogP contribution in [0.15, 0.2) is 30.3 Å². The highest BCUT2D eigenvalue weighted by molar-refractivity contribution is 5.66. The average Bonchev–Trinajstić information content (AvgIpc) is 2.38. The molecule has 2 rings (SSSR count). The largest absolute Gasteiger partial charge is 0.310 e. The fraction of sp³-hybridized carbons (Fsp3) is 0.250. The normalized spacial score (nSPS) is 11.2. The van der Waals surface area contributed by atoms with Gasteiger partial charge >= 0.3 is 0 Å². The third-order valence-electron chi connectivity index (χ3n) is 3.02. The van der Waals surface area contributed by atoms with E-state index in [0.29, 0.717) is 24.2 Å². The molecule has 5 heteroatoms. The maximum absolute atomic E-state index is 13.9. The van der Waals surface area contributed by atoms with Crippen LogP contribution < -0.4 is 5.32 Å². The zero-order valence-corrected chi connectivity index (χ0v) is 11.7. The first-order valence-corrected chi connectivity index (χ1v) is 6.55. The van der Waals surface area contributed by atoms with Crippen molar-refractivity contribution in [1.29, 1.82) is 0 Å². The van der Waals surface area contributed by atoms with Crippen LogP contribution in [0.2, 0.25) is 0 Å². The van der Waals surface area contributed by atoms with E-state index in [2.05, 4.69) is 5.32 Å². The van der Waals surface area contributed by atoms with Crippen LogP contribution in [0.4, 0.5) is 17.6 Å². The first-order chi connectivity index (χ1) is 9.88. The smallest absolute Gasteiger partial charge is 0.136 e. The van der Waals surface area contributed by atoms with E-state index in [1.807, 2.05) is 13.8 Å². The molecule has 1 nitrogen and oxygen atoms in total. The zero-order chi connectivity index (χ0) is 15.6. The Labute approximate surface area is 120 Å². The van der Waals surface area contributed by atoms with Crippen molar-refractivity contribution in [2.45, 2.75) is 26.4 Å². The van der Waals surface area contributed by atoms with E-state index < -0.39 is 28.8 Å². The number of benzene rings is 2. The summed E-state index contributed by atoms with van der Waals surface area (Å²) in [6, 6.07) is 5.35. The predicted octanol–water partition coefficient (Wildman–Crippen LogP) is 4.41. The lowest BCUT2D eigenvalue weighted by Crippen LogP contribution is -2.21. The summed E-state index contributed by atoms with van der Waals surface area (Å²) in [6.45, 7) is 4.34. The highest BCUT2D eigenvalue weighted by Crippen LogP contribution is 2.30. The van der Waals surface area contributed by atoms with Crippen molar-refractivity contribution in [3.05, 3.63) is 59.2 Å². The van der Waals surface area contributed by atoms with E-state index in [1.54, 1.807) is 0 Å². The molecule has 0 aliphatic carbocycles. The number of nitrogens with one attached hydrogen (secondary N) is 1. The molecule has 1 N–H and O–H groups in total. The summed E-state index contributed by atoms with van der Waals surface area (Å²) in [5, 5.41) is 3.13. The minimum atomic E-state index is -1.12. The fourth-order valence-corrected chi connectivity index (χ4v) is 2.00.